The molecule has 5 heteroatoms. The van der Waals surface area contributed by atoms with Gasteiger partial charge in [-0.3, -0.25) is 9.59 Å². The summed E-state index contributed by atoms with van der Waals surface area (Å²) < 4.78 is 5.55. The van der Waals surface area contributed by atoms with Crippen molar-refractivity contribution in [3.63, 3.8) is 0 Å². The van der Waals surface area contributed by atoms with Crippen LogP contribution in [0.2, 0.25) is 0 Å². The van der Waals surface area contributed by atoms with Crippen molar-refractivity contribution >= 4 is 17.5 Å². The third kappa shape index (κ3) is 5.62. The number of para-hydroxylation sites is 1. The molecule has 4 aromatic carbocycles. The summed E-state index contributed by atoms with van der Waals surface area (Å²) in [6, 6.07) is 31.4. The zero-order valence-corrected chi connectivity index (χ0v) is 21.9. The number of amides is 2. The molecule has 38 heavy (non-hydrogen) atoms. The normalized spacial score (nSPS) is 12.5. The first-order chi connectivity index (χ1) is 18.5. The van der Waals surface area contributed by atoms with E-state index < -0.39 is 0 Å². The van der Waals surface area contributed by atoms with Gasteiger partial charge in [0.15, 0.2) is 0 Å². The monoisotopic (exact) mass is 504 g/mol. The topological polar surface area (TPSA) is 49.9 Å². The Morgan fingerprint density at radius 1 is 0.842 bits per heavy atom. The van der Waals surface area contributed by atoms with Gasteiger partial charge in [0, 0.05) is 29.9 Å². The zero-order valence-electron chi connectivity index (χ0n) is 21.9. The van der Waals surface area contributed by atoms with E-state index in [1.165, 1.54) is 11.1 Å². The van der Waals surface area contributed by atoms with Crippen LogP contribution in [0.15, 0.2) is 97.1 Å². The summed E-state index contributed by atoms with van der Waals surface area (Å²) in [7, 11) is 1.64. The maximum absolute atomic E-state index is 13.7. The van der Waals surface area contributed by atoms with Gasteiger partial charge in [0.1, 0.15) is 5.75 Å². The maximum Gasteiger partial charge on any atom is 0.258 e. The van der Waals surface area contributed by atoms with Gasteiger partial charge < -0.3 is 14.5 Å². The number of nitrogens with zero attached hydrogens (tertiary/aromatic N) is 2. The van der Waals surface area contributed by atoms with Crippen LogP contribution in [0.25, 0.3) is 0 Å². The van der Waals surface area contributed by atoms with E-state index in [1.807, 2.05) is 90.7 Å². The van der Waals surface area contributed by atoms with Gasteiger partial charge in [0.25, 0.3) is 5.91 Å². The Morgan fingerprint density at radius 2 is 1.53 bits per heavy atom. The fourth-order valence-corrected chi connectivity index (χ4v) is 4.93. The molecule has 2 amide bonds. The number of ether oxygens (including phenoxy) is 1. The first-order valence-electron chi connectivity index (χ1n) is 13.0. The van der Waals surface area contributed by atoms with E-state index in [9.17, 15) is 9.59 Å². The standard InChI is InChI=1S/C33H32N2O3/c1-24-11-15-27(16-12-24)33(37)35(23-29-9-5-6-10-31(29)38-2)30-17-13-25(14-18-30)21-32(36)34-20-19-26-7-3-4-8-28(26)22-34/h3-18H,19-23H2,1-2H3. The Kier molecular flexibility index (Phi) is 7.55. The number of fused-ring (bicyclic) bond motifs is 1. The molecule has 0 aliphatic carbocycles. The first kappa shape index (κ1) is 25.3. The van der Waals surface area contributed by atoms with E-state index in [4.69, 9.17) is 4.74 Å². The molecule has 0 bridgehead atoms. The average Bonchev–Trinajstić information content (AvgIpc) is 2.96. The minimum atomic E-state index is -0.0910. The van der Waals surface area contributed by atoms with E-state index in [2.05, 4.69) is 18.2 Å². The van der Waals surface area contributed by atoms with Gasteiger partial charge in [-0.05, 0) is 60.4 Å². The van der Waals surface area contributed by atoms with E-state index in [0.717, 1.165) is 41.1 Å². The lowest BCUT2D eigenvalue weighted by molar-refractivity contribution is -0.131. The van der Waals surface area contributed by atoms with Crippen LogP contribution < -0.4 is 9.64 Å². The molecular weight excluding hydrogens is 472 g/mol. The quantitative estimate of drug-likeness (QED) is 0.311. The number of hydrogen-bond donors (Lipinski definition) is 0. The first-order valence-corrected chi connectivity index (χ1v) is 13.0. The molecule has 0 N–H and O–H groups in total. The lowest BCUT2D eigenvalue weighted by Gasteiger charge is -2.29. The van der Waals surface area contributed by atoms with Crippen molar-refractivity contribution in [3.8, 4) is 5.75 Å². The van der Waals surface area contributed by atoms with Crippen molar-refractivity contribution in [2.75, 3.05) is 18.6 Å². The number of hydrogen-bond acceptors (Lipinski definition) is 3. The van der Waals surface area contributed by atoms with Crippen LogP contribution in [0, 0.1) is 6.92 Å². The molecule has 1 aliphatic rings. The number of carbonyl (C=O) groups excluding carboxylic acids is 2. The smallest absolute Gasteiger partial charge is 0.258 e. The molecule has 5 nitrogen and oxygen atoms in total. The molecule has 0 fully saturated rings. The minimum absolute atomic E-state index is 0.0910. The second-order valence-electron chi connectivity index (χ2n) is 9.75. The summed E-state index contributed by atoms with van der Waals surface area (Å²) in [5.74, 6) is 0.764. The van der Waals surface area contributed by atoms with Crippen molar-refractivity contribution < 1.29 is 14.3 Å². The Hall–Kier alpha value is -4.38. The van der Waals surface area contributed by atoms with Crippen LogP contribution in [0.1, 0.15) is 38.2 Å². The Labute approximate surface area is 224 Å². The van der Waals surface area contributed by atoms with Crippen molar-refractivity contribution in [1.82, 2.24) is 4.90 Å². The van der Waals surface area contributed by atoms with Gasteiger partial charge >= 0.3 is 0 Å². The lowest BCUT2D eigenvalue weighted by atomic mass is 9.99. The SMILES string of the molecule is COc1ccccc1CN(C(=O)c1ccc(C)cc1)c1ccc(CC(=O)N2CCc3ccccc3C2)cc1. The number of rotatable bonds is 7. The molecule has 0 spiro atoms. The molecule has 4 aromatic rings. The third-order valence-electron chi connectivity index (χ3n) is 7.15. The van der Waals surface area contributed by atoms with Gasteiger partial charge in [-0.2, -0.15) is 0 Å². The van der Waals surface area contributed by atoms with Crippen LogP contribution in [0.5, 0.6) is 5.75 Å². The molecule has 0 saturated carbocycles. The summed E-state index contributed by atoms with van der Waals surface area (Å²) >= 11 is 0. The van der Waals surface area contributed by atoms with E-state index in [1.54, 1.807) is 12.0 Å². The van der Waals surface area contributed by atoms with Gasteiger partial charge in [0.05, 0.1) is 20.1 Å². The maximum atomic E-state index is 13.7. The van der Waals surface area contributed by atoms with Crippen LogP contribution >= 0.6 is 0 Å². The molecular formula is C33H32N2O3. The molecule has 0 atom stereocenters. The van der Waals surface area contributed by atoms with Crippen LogP contribution in [0.4, 0.5) is 5.69 Å². The number of aryl methyl sites for hydroxylation is 1. The molecule has 0 aromatic heterocycles. The molecule has 1 heterocycles. The minimum Gasteiger partial charge on any atom is -0.496 e. The van der Waals surface area contributed by atoms with Gasteiger partial charge in [-0.25, -0.2) is 0 Å². The molecule has 192 valence electrons. The van der Waals surface area contributed by atoms with Gasteiger partial charge in [-0.15, -0.1) is 0 Å². The predicted octanol–water partition coefficient (Wildman–Crippen LogP) is 5.98. The van der Waals surface area contributed by atoms with E-state index in [0.29, 0.717) is 25.1 Å². The third-order valence-corrected chi connectivity index (χ3v) is 7.15. The van der Waals surface area contributed by atoms with Crippen LogP contribution in [0.3, 0.4) is 0 Å². The van der Waals surface area contributed by atoms with Crippen LogP contribution in [-0.4, -0.2) is 30.4 Å². The molecule has 0 saturated heterocycles. The lowest BCUT2D eigenvalue weighted by Crippen LogP contribution is -2.36. The number of carbonyl (C=O) groups is 2. The fraction of sp³-hybridized carbons (Fsp3) is 0.212. The number of anilines is 1. The Bertz CT molecular complexity index is 1430. The second-order valence-corrected chi connectivity index (χ2v) is 9.75. The number of benzene rings is 4. The van der Waals surface area contributed by atoms with Crippen molar-refractivity contribution in [1.29, 1.82) is 0 Å². The van der Waals surface area contributed by atoms with Crippen LogP contribution in [-0.2, 0) is 30.7 Å². The number of methoxy groups -OCH3 is 1. The van der Waals surface area contributed by atoms with E-state index >= 15 is 0 Å². The molecule has 5 rings (SSSR count). The highest BCUT2D eigenvalue weighted by atomic mass is 16.5. The summed E-state index contributed by atoms with van der Waals surface area (Å²) in [6.07, 6.45) is 1.22. The highest BCUT2D eigenvalue weighted by Gasteiger charge is 2.22. The summed E-state index contributed by atoms with van der Waals surface area (Å²) in [5, 5.41) is 0. The van der Waals surface area contributed by atoms with Crippen molar-refractivity contribution in [3.05, 3.63) is 130 Å². The molecule has 1 aliphatic heterocycles. The molecule has 0 unspecified atom stereocenters. The molecule has 0 radical (unpaired) electrons. The van der Waals surface area contributed by atoms with Crippen molar-refractivity contribution in [2.45, 2.75) is 32.9 Å². The van der Waals surface area contributed by atoms with Crippen molar-refractivity contribution in [2.24, 2.45) is 0 Å². The largest absolute Gasteiger partial charge is 0.496 e. The summed E-state index contributed by atoms with van der Waals surface area (Å²) in [6.45, 7) is 3.77. The Morgan fingerprint density at radius 3 is 2.26 bits per heavy atom. The highest BCUT2D eigenvalue weighted by molar-refractivity contribution is 6.06. The highest BCUT2D eigenvalue weighted by Crippen LogP contribution is 2.26. The Balaban J connectivity index is 1.35. The second kappa shape index (κ2) is 11.3. The van der Waals surface area contributed by atoms with E-state index in [-0.39, 0.29) is 11.8 Å². The average molecular weight is 505 g/mol. The fourth-order valence-electron chi connectivity index (χ4n) is 4.93. The van der Waals surface area contributed by atoms with Gasteiger partial charge in [0.2, 0.25) is 5.91 Å². The summed E-state index contributed by atoms with van der Waals surface area (Å²) in [5.41, 5.74) is 6.89. The summed E-state index contributed by atoms with van der Waals surface area (Å²) in [4.78, 5) is 30.4. The zero-order chi connectivity index (χ0) is 26.5. The van der Waals surface area contributed by atoms with Gasteiger partial charge in [-0.1, -0.05) is 72.3 Å². The predicted molar refractivity (Wildman–Crippen MR) is 150 cm³/mol.